The van der Waals surface area contributed by atoms with Crippen molar-refractivity contribution in [1.29, 1.82) is 0 Å². The van der Waals surface area contributed by atoms with Crippen molar-refractivity contribution in [1.82, 2.24) is 10.6 Å². The first-order chi connectivity index (χ1) is 8.65. The van der Waals surface area contributed by atoms with Crippen LogP contribution in [-0.4, -0.2) is 24.5 Å². The summed E-state index contributed by atoms with van der Waals surface area (Å²) in [6.07, 6.45) is 8.65. The first kappa shape index (κ1) is 13.9. The largest absolute Gasteiger partial charge is 0.354 e. The van der Waals surface area contributed by atoms with Crippen LogP contribution in [0.3, 0.4) is 0 Å². The Kier molecular flexibility index (Phi) is 5.04. The topological polar surface area (TPSA) is 41.1 Å². The van der Waals surface area contributed by atoms with Gasteiger partial charge in [-0.15, -0.1) is 0 Å². The molecule has 3 heteroatoms. The van der Waals surface area contributed by atoms with E-state index in [2.05, 4.69) is 24.5 Å². The van der Waals surface area contributed by atoms with Crippen LogP contribution in [0.2, 0.25) is 0 Å². The highest BCUT2D eigenvalue weighted by atomic mass is 16.2. The van der Waals surface area contributed by atoms with Crippen molar-refractivity contribution >= 4 is 5.91 Å². The Balaban J connectivity index is 1.70. The van der Waals surface area contributed by atoms with Gasteiger partial charge in [-0.05, 0) is 50.9 Å². The average molecular weight is 252 g/mol. The van der Waals surface area contributed by atoms with Gasteiger partial charge in [0.25, 0.3) is 0 Å². The Labute approximate surface area is 111 Å². The monoisotopic (exact) mass is 252 g/mol. The van der Waals surface area contributed by atoms with Crippen LogP contribution in [0, 0.1) is 11.8 Å². The Bertz CT molecular complexity index is 280. The quantitative estimate of drug-likeness (QED) is 0.810. The number of piperidine rings is 1. The van der Waals surface area contributed by atoms with Gasteiger partial charge >= 0.3 is 0 Å². The van der Waals surface area contributed by atoms with Gasteiger partial charge in [-0.1, -0.05) is 19.8 Å². The van der Waals surface area contributed by atoms with Crippen LogP contribution in [0.5, 0.6) is 0 Å². The van der Waals surface area contributed by atoms with E-state index >= 15 is 0 Å². The van der Waals surface area contributed by atoms with Crippen molar-refractivity contribution < 1.29 is 4.79 Å². The predicted octanol–water partition coefficient (Wildman–Crippen LogP) is 2.46. The van der Waals surface area contributed by atoms with Gasteiger partial charge in [0.15, 0.2) is 0 Å². The highest BCUT2D eigenvalue weighted by Crippen LogP contribution is 2.27. The summed E-state index contributed by atoms with van der Waals surface area (Å²) in [5.41, 5.74) is 0. The number of rotatable bonds is 3. The fourth-order valence-electron chi connectivity index (χ4n) is 3.46. The van der Waals surface area contributed by atoms with Crippen molar-refractivity contribution in [2.24, 2.45) is 11.8 Å². The lowest BCUT2D eigenvalue weighted by atomic mass is 9.82. The summed E-state index contributed by atoms with van der Waals surface area (Å²) < 4.78 is 0. The molecular weight excluding hydrogens is 224 g/mol. The Morgan fingerprint density at radius 1 is 1.17 bits per heavy atom. The van der Waals surface area contributed by atoms with Crippen LogP contribution in [0.15, 0.2) is 0 Å². The molecule has 2 rings (SSSR count). The lowest BCUT2D eigenvalue weighted by Gasteiger charge is -2.30. The molecule has 1 aliphatic heterocycles. The van der Waals surface area contributed by atoms with E-state index in [9.17, 15) is 4.79 Å². The molecule has 0 radical (unpaired) electrons. The zero-order chi connectivity index (χ0) is 13.0. The molecule has 1 saturated carbocycles. The van der Waals surface area contributed by atoms with Crippen LogP contribution >= 0.6 is 0 Å². The molecule has 4 unspecified atom stereocenters. The second-order valence-electron chi connectivity index (χ2n) is 6.43. The summed E-state index contributed by atoms with van der Waals surface area (Å²) in [6, 6.07) is 0.541. The third-order valence-electron chi connectivity index (χ3n) is 4.54. The van der Waals surface area contributed by atoms with Crippen LogP contribution < -0.4 is 10.6 Å². The van der Waals surface area contributed by atoms with Crippen LogP contribution in [0.4, 0.5) is 0 Å². The van der Waals surface area contributed by atoms with Gasteiger partial charge in [0.2, 0.25) is 5.91 Å². The number of nitrogens with one attached hydrogen (secondary N) is 2. The van der Waals surface area contributed by atoms with E-state index in [1.165, 1.54) is 38.5 Å². The zero-order valence-corrected chi connectivity index (χ0v) is 11.9. The maximum absolute atomic E-state index is 12.1. The van der Waals surface area contributed by atoms with Crippen LogP contribution in [-0.2, 0) is 4.79 Å². The average Bonchev–Trinajstić information content (AvgIpc) is 2.36. The highest BCUT2D eigenvalue weighted by molar-refractivity contribution is 5.81. The maximum Gasteiger partial charge on any atom is 0.237 e. The zero-order valence-electron chi connectivity index (χ0n) is 11.9. The standard InChI is InChI=1S/C15H28N2O/c1-11-5-3-7-13(9-11)10-16-15(18)14-8-4-6-12(2)17-14/h11-14,17H,3-10H2,1-2H3,(H,16,18). The van der Waals surface area contributed by atoms with Crippen LogP contribution in [0.25, 0.3) is 0 Å². The molecule has 4 atom stereocenters. The van der Waals surface area contributed by atoms with Gasteiger partial charge in [0.05, 0.1) is 6.04 Å². The van der Waals surface area contributed by atoms with Gasteiger partial charge < -0.3 is 10.6 Å². The van der Waals surface area contributed by atoms with Crippen molar-refractivity contribution in [3.63, 3.8) is 0 Å². The smallest absolute Gasteiger partial charge is 0.237 e. The highest BCUT2D eigenvalue weighted by Gasteiger charge is 2.25. The molecule has 104 valence electrons. The Hall–Kier alpha value is -0.570. The van der Waals surface area contributed by atoms with E-state index in [0.717, 1.165) is 18.9 Å². The minimum Gasteiger partial charge on any atom is -0.354 e. The van der Waals surface area contributed by atoms with Gasteiger partial charge in [-0.25, -0.2) is 0 Å². The molecule has 2 fully saturated rings. The summed E-state index contributed by atoms with van der Waals surface area (Å²) in [5, 5.41) is 6.56. The molecule has 2 N–H and O–H groups in total. The van der Waals surface area contributed by atoms with Gasteiger partial charge in [-0.2, -0.15) is 0 Å². The van der Waals surface area contributed by atoms with E-state index in [1.807, 2.05) is 0 Å². The molecule has 3 nitrogen and oxygen atoms in total. The van der Waals surface area contributed by atoms with Gasteiger partial charge in [0, 0.05) is 12.6 Å². The SMILES string of the molecule is CC1CCCC(CNC(=O)C2CCCC(C)N2)C1. The molecule has 0 bridgehead atoms. The van der Waals surface area contributed by atoms with Crippen molar-refractivity contribution in [2.75, 3.05) is 6.54 Å². The number of carbonyl (C=O) groups excluding carboxylic acids is 1. The van der Waals surface area contributed by atoms with E-state index in [4.69, 9.17) is 0 Å². The van der Waals surface area contributed by atoms with Crippen molar-refractivity contribution in [2.45, 2.75) is 70.9 Å². The number of hydrogen-bond acceptors (Lipinski definition) is 2. The Morgan fingerprint density at radius 2 is 1.94 bits per heavy atom. The molecule has 18 heavy (non-hydrogen) atoms. The molecule has 0 aromatic heterocycles. The lowest BCUT2D eigenvalue weighted by Crippen LogP contribution is -2.50. The molecule has 0 aromatic carbocycles. The summed E-state index contributed by atoms with van der Waals surface area (Å²) in [6.45, 7) is 5.39. The van der Waals surface area contributed by atoms with E-state index < -0.39 is 0 Å². The lowest BCUT2D eigenvalue weighted by molar-refractivity contribution is -0.124. The molecule has 1 amide bonds. The third kappa shape index (κ3) is 3.98. The predicted molar refractivity (Wildman–Crippen MR) is 74.4 cm³/mol. The summed E-state index contributed by atoms with van der Waals surface area (Å²) in [7, 11) is 0. The van der Waals surface area contributed by atoms with E-state index in [0.29, 0.717) is 12.0 Å². The molecule has 1 heterocycles. The summed E-state index contributed by atoms with van der Waals surface area (Å²) in [4.78, 5) is 12.1. The first-order valence-corrected chi connectivity index (χ1v) is 7.69. The molecule has 0 spiro atoms. The summed E-state index contributed by atoms with van der Waals surface area (Å²) >= 11 is 0. The van der Waals surface area contributed by atoms with Gasteiger partial charge in [0.1, 0.15) is 0 Å². The number of carbonyl (C=O) groups is 1. The van der Waals surface area contributed by atoms with Crippen LogP contribution in [0.1, 0.15) is 58.8 Å². The summed E-state index contributed by atoms with van der Waals surface area (Å²) in [5.74, 6) is 1.77. The number of amides is 1. The molecule has 1 aliphatic carbocycles. The molecule has 2 aliphatic rings. The van der Waals surface area contributed by atoms with Gasteiger partial charge in [-0.3, -0.25) is 4.79 Å². The Morgan fingerprint density at radius 3 is 2.67 bits per heavy atom. The fourth-order valence-corrected chi connectivity index (χ4v) is 3.46. The van der Waals surface area contributed by atoms with Crippen molar-refractivity contribution in [3.05, 3.63) is 0 Å². The second kappa shape index (κ2) is 6.55. The normalized spacial score (nSPS) is 37.2. The van der Waals surface area contributed by atoms with E-state index in [-0.39, 0.29) is 11.9 Å². The molecule has 0 aromatic rings. The second-order valence-corrected chi connectivity index (χ2v) is 6.43. The van der Waals surface area contributed by atoms with Crippen molar-refractivity contribution in [3.8, 4) is 0 Å². The maximum atomic E-state index is 12.1. The minimum atomic E-state index is 0.0507. The first-order valence-electron chi connectivity index (χ1n) is 7.69. The minimum absolute atomic E-state index is 0.0507. The molecular formula is C15H28N2O. The fraction of sp³-hybridized carbons (Fsp3) is 0.933. The third-order valence-corrected chi connectivity index (χ3v) is 4.54. The number of hydrogen-bond donors (Lipinski definition) is 2. The molecule has 1 saturated heterocycles. The van der Waals surface area contributed by atoms with E-state index in [1.54, 1.807) is 0 Å².